The Balaban J connectivity index is 1.63. The van der Waals surface area contributed by atoms with Crippen LogP contribution in [0.5, 0.6) is 0 Å². The minimum Gasteiger partial charge on any atom is -0.462 e. The van der Waals surface area contributed by atoms with Crippen LogP contribution in [0.2, 0.25) is 0 Å². The fourth-order valence-electron chi connectivity index (χ4n) is 2.79. The lowest BCUT2D eigenvalue weighted by atomic mass is 10.1. The Morgan fingerprint density at radius 2 is 2.41 bits per heavy atom. The highest BCUT2D eigenvalue weighted by Crippen LogP contribution is 2.23. The molecule has 0 unspecified atom stereocenters. The molecule has 0 amide bonds. The van der Waals surface area contributed by atoms with Gasteiger partial charge < -0.3 is 4.74 Å². The van der Waals surface area contributed by atoms with Crippen molar-refractivity contribution < 1.29 is 9.53 Å². The predicted molar refractivity (Wildman–Crippen MR) is 83.8 cm³/mol. The largest absolute Gasteiger partial charge is 0.462 e. The minimum atomic E-state index is -0.300. The number of thiazole rings is 1. The van der Waals surface area contributed by atoms with Gasteiger partial charge in [0.05, 0.1) is 29.9 Å². The topological polar surface area (TPSA) is 60.2 Å². The van der Waals surface area contributed by atoms with Crippen LogP contribution in [0.3, 0.4) is 0 Å². The first-order valence-electron chi connectivity index (χ1n) is 7.57. The highest BCUT2D eigenvalue weighted by Gasteiger charge is 2.23. The lowest BCUT2D eigenvalue weighted by molar-refractivity contribution is 0.0526. The molecule has 1 saturated heterocycles. The van der Waals surface area contributed by atoms with E-state index in [2.05, 4.69) is 15.0 Å². The van der Waals surface area contributed by atoms with E-state index in [0.717, 1.165) is 32.5 Å². The fourth-order valence-corrected chi connectivity index (χ4v) is 3.42. The Kier molecular flexibility index (Phi) is 4.84. The van der Waals surface area contributed by atoms with E-state index >= 15 is 0 Å². The molecule has 1 fully saturated rings. The second-order valence-electron chi connectivity index (χ2n) is 5.43. The quantitative estimate of drug-likeness (QED) is 0.792. The van der Waals surface area contributed by atoms with Crippen LogP contribution in [0.15, 0.2) is 24.1 Å². The third-order valence-corrected chi connectivity index (χ3v) is 4.59. The summed E-state index contributed by atoms with van der Waals surface area (Å²) >= 11 is 1.69. The van der Waals surface area contributed by atoms with E-state index in [9.17, 15) is 4.79 Å². The number of esters is 1. The molecule has 0 saturated carbocycles. The van der Waals surface area contributed by atoms with E-state index in [0.29, 0.717) is 18.2 Å². The maximum atomic E-state index is 11.7. The van der Waals surface area contributed by atoms with Gasteiger partial charge in [-0.25, -0.2) is 4.79 Å². The van der Waals surface area contributed by atoms with Gasteiger partial charge in [-0.1, -0.05) is 0 Å². The summed E-state index contributed by atoms with van der Waals surface area (Å²) in [5.74, 6) is -0.300. The van der Waals surface area contributed by atoms with Crippen molar-refractivity contribution in [3.8, 4) is 0 Å². The van der Waals surface area contributed by atoms with E-state index in [-0.39, 0.29) is 5.97 Å². The number of aromatic nitrogens is 3. The Hall–Kier alpha value is -1.73. The molecule has 118 valence electrons. The number of carbonyl (C=O) groups is 1. The van der Waals surface area contributed by atoms with Crippen molar-refractivity contribution >= 4 is 17.3 Å². The standard InChI is InChI=1S/C15H20N4O2S/c1-2-21-15(20)12-6-17-19(8-12)13-4-3-5-18(9-13)10-14-7-16-11-22-14/h6-8,11,13H,2-5,9-10H2,1H3/t13-/m1/s1. The molecule has 1 atom stereocenters. The smallest absolute Gasteiger partial charge is 0.341 e. The molecule has 3 rings (SSSR count). The second-order valence-corrected chi connectivity index (χ2v) is 6.40. The number of hydrogen-bond donors (Lipinski definition) is 0. The molecule has 3 heterocycles. The molecule has 0 bridgehead atoms. The third-order valence-electron chi connectivity index (χ3n) is 3.83. The van der Waals surface area contributed by atoms with Gasteiger partial charge in [-0.2, -0.15) is 5.10 Å². The van der Waals surface area contributed by atoms with Crippen LogP contribution in [0.1, 0.15) is 41.0 Å². The molecule has 0 radical (unpaired) electrons. The van der Waals surface area contributed by atoms with Crippen molar-refractivity contribution in [2.75, 3.05) is 19.7 Å². The van der Waals surface area contributed by atoms with Crippen molar-refractivity contribution in [1.82, 2.24) is 19.7 Å². The molecule has 1 aliphatic heterocycles. The van der Waals surface area contributed by atoms with Crippen LogP contribution in [-0.4, -0.2) is 45.3 Å². The van der Waals surface area contributed by atoms with Gasteiger partial charge in [-0.05, 0) is 26.3 Å². The second kappa shape index (κ2) is 7.02. The van der Waals surface area contributed by atoms with Gasteiger partial charge in [0.2, 0.25) is 0 Å². The highest BCUT2D eigenvalue weighted by atomic mass is 32.1. The van der Waals surface area contributed by atoms with Crippen molar-refractivity contribution in [2.24, 2.45) is 0 Å². The summed E-state index contributed by atoms with van der Waals surface area (Å²) in [5.41, 5.74) is 2.40. The first-order valence-corrected chi connectivity index (χ1v) is 8.45. The van der Waals surface area contributed by atoms with Crippen molar-refractivity contribution in [3.63, 3.8) is 0 Å². The number of nitrogens with zero attached hydrogens (tertiary/aromatic N) is 4. The van der Waals surface area contributed by atoms with Gasteiger partial charge in [0, 0.05) is 30.4 Å². The summed E-state index contributed by atoms with van der Waals surface area (Å²) < 4.78 is 6.92. The Bertz CT molecular complexity index is 611. The van der Waals surface area contributed by atoms with E-state index < -0.39 is 0 Å². The number of hydrogen-bond acceptors (Lipinski definition) is 6. The Morgan fingerprint density at radius 1 is 1.50 bits per heavy atom. The first kappa shape index (κ1) is 15.2. The monoisotopic (exact) mass is 320 g/mol. The van der Waals surface area contributed by atoms with Gasteiger partial charge in [0.1, 0.15) is 0 Å². The molecule has 22 heavy (non-hydrogen) atoms. The van der Waals surface area contributed by atoms with E-state index in [4.69, 9.17) is 4.74 Å². The summed E-state index contributed by atoms with van der Waals surface area (Å²) in [6.07, 6.45) is 7.56. The zero-order valence-electron chi connectivity index (χ0n) is 12.6. The maximum Gasteiger partial charge on any atom is 0.341 e. The molecule has 0 N–H and O–H groups in total. The van der Waals surface area contributed by atoms with E-state index in [1.54, 1.807) is 30.7 Å². The van der Waals surface area contributed by atoms with Gasteiger partial charge >= 0.3 is 5.97 Å². The summed E-state index contributed by atoms with van der Waals surface area (Å²) in [4.78, 5) is 19.6. The normalized spacial score (nSPS) is 19.2. The fraction of sp³-hybridized carbons (Fsp3) is 0.533. The molecule has 0 aromatic carbocycles. The molecule has 2 aromatic heterocycles. The zero-order chi connectivity index (χ0) is 15.4. The van der Waals surface area contributed by atoms with Crippen molar-refractivity contribution in [2.45, 2.75) is 32.4 Å². The van der Waals surface area contributed by atoms with E-state index in [1.807, 2.05) is 16.4 Å². The summed E-state index contributed by atoms with van der Waals surface area (Å²) in [5, 5.41) is 4.35. The molecule has 0 spiro atoms. The van der Waals surface area contributed by atoms with Gasteiger partial charge in [0.25, 0.3) is 0 Å². The molecular weight excluding hydrogens is 300 g/mol. The van der Waals surface area contributed by atoms with Crippen molar-refractivity contribution in [1.29, 1.82) is 0 Å². The van der Waals surface area contributed by atoms with E-state index in [1.165, 1.54) is 4.88 Å². The number of rotatable bonds is 5. The number of ether oxygens (including phenoxy) is 1. The average molecular weight is 320 g/mol. The zero-order valence-corrected chi connectivity index (χ0v) is 13.5. The Labute approximate surface area is 133 Å². The highest BCUT2D eigenvalue weighted by molar-refractivity contribution is 7.09. The van der Waals surface area contributed by atoms with Crippen LogP contribution in [0.4, 0.5) is 0 Å². The number of carbonyl (C=O) groups excluding carboxylic acids is 1. The summed E-state index contributed by atoms with van der Waals surface area (Å²) in [6.45, 7) is 5.17. The van der Waals surface area contributed by atoms with Crippen LogP contribution < -0.4 is 0 Å². The van der Waals surface area contributed by atoms with Crippen LogP contribution in [0, 0.1) is 0 Å². The summed E-state index contributed by atoms with van der Waals surface area (Å²) in [6, 6.07) is 0.310. The molecule has 1 aliphatic rings. The van der Waals surface area contributed by atoms with Crippen LogP contribution in [0.25, 0.3) is 0 Å². The van der Waals surface area contributed by atoms with Gasteiger partial charge in [0.15, 0.2) is 0 Å². The Morgan fingerprint density at radius 3 is 3.18 bits per heavy atom. The maximum absolute atomic E-state index is 11.7. The molecule has 7 heteroatoms. The molecule has 2 aromatic rings. The predicted octanol–water partition coefficient (Wildman–Crippen LogP) is 2.35. The third kappa shape index (κ3) is 3.53. The van der Waals surface area contributed by atoms with Crippen LogP contribution >= 0.6 is 11.3 Å². The SMILES string of the molecule is CCOC(=O)c1cnn([C@@H]2CCCN(Cc3cncs3)C2)c1. The lowest BCUT2D eigenvalue weighted by Gasteiger charge is -2.32. The first-order chi connectivity index (χ1) is 10.8. The number of piperidine rings is 1. The summed E-state index contributed by atoms with van der Waals surface area (Å²) in [7, 11) is 0. The molecular formula is C15H20N4O2S. The lowest BCUT2D eigenvalue weighted by Crippen LogP contribution is -2.36. The van der Waals surface area contributed by atoms with Crippen LogP contribution in [-0.2, 0) is 11.3 Å². The minimum absolute atomic E-state index is 0.300. The molecule has 0 aliphatic carbocycles. The van der Waals surface area contributed by atoms with Gasteiger partial charge in [-0.3, -0.25) is 14.6 Å². The van der Waals surface area contributed by atoms with Crippen molar-refractivity contribution in [3.05, 3.63) is 34.5 Å². The van der Waals surface area contributed by atoms with Gasteiger partial charge in [-0.15, -0.1) is 11.3 Å². The number of likely N-dealkylation sites (tertiary alicyclic amines) is 1. The average Bonchev–Trinajstić information content (AvgIpc) is 3.19. The molecule has 6 nitrogen and oxygen atoms in total.